The van der Waals surface area contributed by atoms with Gasteiger partial charge in [0.2, 0.25) is 0 Å². The summed E-state index contributed by atoms with van der Waals surface area (Å²) in [7, 11) is 0. The third-order valence-electron chi connectivity index (χ3n) is 5.88. The van der Waals surface area contributed by atoms with Gasteiger partial charge in [-0.15, -0.1) is 0 Å². The molecule has 0 saturated carbocycles. The molecule has 1 aliphatic heterocycles. The molecule has 1 fully saturated rings. The molecule has 3 heterocycles. The predicted octanol–water partition coefficient (Wildman–Crippen LogP) is 3.30. The number of anilines is 1. The van der Waals surface area contributed by atoms with Crippen molar-refractivity contribution in [1.29, 1.82) is 0 Å². The summed E-state index contributed by atoms with van der Waals surface area (Å²) in [5.74, 6) is -2.48. The fourth-order valence-electron chi connectivity index (χ4n) is 4.04. The standard InChI is InChI=1S/C22H22F5N5O4.CH2O2/c1-10-30-17(28)16-18(31-10)32(9-29-16)19-15(24)6-12(36-19)8-35-21(2,20(33)34)7-11-3-4-13(14(23)5-11)22(25,26)27;2-1-3/h3-5,9,12,15,19H,6-8H2,1-2H3,(H,33,34)(H2,28,30,31);1H,(H,2,3). The van der Waals surface area contributed by atoms with Crippen LogP contribution in [0.2, 0.25) is 0 Å². The molecule has 3 aromatic rings. The summed E-state index contributed by atoms with van der Waals surface area (Å²) in [4.78, 5) is 32.6. The number of nitrogen functional groups attached to an aromatic ring is 1. The average molecular weight is 561 g/mol. The molecule has 0 spiro atoms. The Labute approximate surface area is 217 Å². The molecule has 1 saturated heterocycles. The maximum atomic E-state index is 14.9. The predicted molar refractivity (Wildman–Crippen MR) is 124 cm³/mol. The minimum absolute atomic E-state index is 0.0171. The smallest absolute Gasteiger partial charge is 0.419 e. The van der Waals surface area contributed by atoms with E-state index >= 15 is 0 Å². The van der Waals surface area contributed by atoms with Crippen molar-refractivity contribution in [2.45, 2.75) is 57.0 Å². The zero-order valence-electron chi connectivity index (χ0n) is 20.5. The molecule has 0 aliphatic carbocycles. The lowest BCUT2D eigenvalue weighted by molar-refractivity contribution is -0.169. The van der Waals surface area contributed by atoms with Gasteiger partial charge in [-0.3, -0.25) is 9.36 Å². The Morgan fingerprint density at radius 3 is 2.59 bits per heavy atom. The fourth-order valence-corrected chi connectivity index (χ4v) is 4.04. The molecule has 4 N–H and O–H groups in total. The maximum Gasteiger partial charge on any atom is 0.419 e. The van der Waals surface area contributed by atoms with Crippen molar-refractivity contribution >= 4 is 29.4 Å². The van der Waals surface area contributed by atoms with Crippen molar-refractivity contribution in [3.63, 3.8) is 0 Å². The van der Waals surface area contributed by atoms with Crippen molar-refractivity contribution < 1.29 is 51.2 Å². The van der Waals surface area contributed by atoms with Crippen LogP contribution in [0.3, 0.4) is 0 Å². The number of fused-ring (bicyclic) bond motifs is 1. The van der Waals surface area contributed by atoms with E-state index in [-0.39, 0.29) is 42.0 Å². The number of rotatable bonds is 7. The number of carboxylic acids is 1. The number of benzene rings is 1. The summed E-state index contributed by atoms with van der Waals surface area (Å²) in [5, 5.41) is 16.6. The number of halogens is 5. The van der Waals surface area contributed by atoms with E-state index in [0.29, 0.717) is 18.0 Å². The molecule has 2 aromatic heterocycles. The number of aromatic nitrogens is 4. The van der Waals surface area contributed by atoms with E-state index < -0.39 is 54.1 Å². The van der Waals surface area contributed by atoms with Crippen LogP contribution in [0.25, 0.3) is 11.2 Å². The van der Waals surface area contributed by atoms with Gasteiger partial charge in [-0.1, -0.05) is 6.07 Å². The van der Waals surface area contributed by atoms with Gasteiger partial charge in [-0.25, -0.2) is 28.5 Å². The van der Waals surface area contributed by atoms with Gasteiger partial charge in [0.1, 0.15) is 23.3 Å². The van der Waals surface area contributed by atoms with Gasteiger partial charge < -0.3 is 25.4 Å². The Bertz CT molecular complexity index is 1350. The molecule has 16 heteroatoms. The number of ether oxygens (including phenoxy) is 2. The van der Waals surface area contributed by atoms with Gasteiger partial charge in [0, 0.05) is 12.8 Å². The van der Waals surface area contributed by atoms with Gasteiger partial charge in [-0.2, -0.15) is 13.2 Å². The summed E-state index contributed by atoms with van der Waals surface area (Å²) in [6.07, 6.45) is -7.62. The summed E-state index contributed by atoms with van der Waals surface area (Å²) < 4.78 is 79.9. The van der Waals surface area contributed by atoms with E-state index in [2.05, 4.69) is 15.0 Å². The van der Waals surface area contributed by atoms with E-state index in [1.54, 1.807) is 6.92 Å². The number of nitrogens with zero attached hydrogens (tertiary/aromatic N) is 4. The number of aliphatic carboxylic acids is 1. The number of aryl methyl sites for hydroxylation is 1. The first kappa shape index (κ1) is 29.6. The highest BCUT2D eigenvalue weighted by molar-refractivity contribution is 5.81. The first-order chi connectivity index (χ1) is 18.2. The second-order valence-corrected chi connectivity index (χ2v) is 8.82. The number of hydrogen-bond donors (Lipinski definition) is 3. The van der Waals surface area contributed by atoms with Crippen LogP contribution in [0.1, 0.15) is 36.5 Å². The van der Waals surface area contributed by atoms with Crippen LogP contribution in [0.5, 0.6) is 0 Å². The van der Waals surface area contributed by atoms with Gasteiger partial charge in [0.15, 0.2) is 23.3 Å². The largest absolute Gasteiger partial charge is 0.483 e. The van der Waals surface area contributed by atoms with Crippen molar-refractivity contribution in [2.75, 3.05) is 12.3 Å². The van der Waals surface area contributed by atoms with Crippen LogP contribution in [0.15, 0.2) is 24.5 Å². The average Bonchev–Trinajstić information content (AvgIpc) is 3.40. The number of imidazole rings is 1. The molecule has 4 rings (SSSR count). The molecular formula is C23H24F5N5O6. The van der Waals surface area contributed by atoms with Gasteiger partial charge in [-0.05, 0) is 31.5 Å². The Morgan fingerprint density at radius 2 is 2.00 bits per heavy atom. The minimum atomic E-state index is -4.88. The zero-order chi connectivity index (χ0) is 29.1. The van der Waals surface area contributed by atoms with Gasteiger partial charge in [0.25, 0.3) is 6.47 Å². The molecule has 0 radical (unpaired) electrons. The molecule has 11 nitrogen and oxygen atoms in total. The third-order valence-corrected chi connectivity index (χ3v) is 5.88. The Balaban J connectivity index is 0.00000134. The number of carboxylic acid groups (broad SMARTS) is 2. The van der Waals surface area contributed by atoms with Crippen molar-refractivity contribution in [1.82, 2.24) is 19.5 Å². The molecular weight excluding hydrogens is 537 g/mol. The van der Waals surface area contributed by atoms with Crippen LogP contribution < -0.4 is 5.73 Å². The third kappa shape index (κ3) is 6.57. The number of nitrogens with two attached hydrogens (primary N) is 1. The fraction of sp³-hybridized carbons (Fsp3) is 0.435. The highest BCUT2D eigenvalue weighted by Gasteiger charge is 2.41. The molecule has 1 aromatic carbocycles. The molecule has 4 unspecified atom stereocenters. The van der Waals surface area contributed by atoms with Crippen LogP contribution in [-0.2, 0) is 31.7 Å². The van der Waals surface area contributed by atoms with Crippen molar-refractivity contribution in [3.05, 3.63) is 47.3 Å². The van der Waals surface area contributed by atoms with E-state index in [9.17, 15) is 31.9 Å². The lowest BCUT2D eigenvalue weighted by Gasteiger charge is -2.27. The normalized spacial score (nSPS) is 20.7. The molecule has 212 valence electrons. The second-order valence-electron chi connectivity index (χ2n) is 8.82. The Morgan fingerprint density at radius 1 is 1.33 bits per heavy atom. The maximum absolute atomic E-state index is 14.9. The lowest BCUT2D eigenvalue weighted by atomic mass is 9.95. The number of carbonyl (C=O) groups is 2. The van der Waals surface area contributed by atoms with Crippen molar-refractivity contribution in [3.8, 4) is 0 Å². The van der Waals surface area contributed by atoms with Gasteiger partial charge >= 0.3 is 12.1 Å². The summed E-state index contributed by atoms with van der Waals surface area (Å²) in [6, 6.07) is 2.14. The van der Waals surface area contributed by atoms with Crippen molar-refractivity contribution in [2.24, 2.45) is 0 Å². The molecule has 1 aliphatic rings. The summed E-state index contributed by atoms with van der Waals surface area (Å²) >= 11 is 0. The quantitative estimate of drug-likeness (QED) is 0.288. The SMILES string of the molecule is Cc1nc(N)c2ncn(C3OC(COC(C)(Cc4ccc(C(F)(F)F)c(F)c4)C(=O)O)CC3F)c2n1.O=CO. The topological polar surface area (TPSA) is 163 Å². The molecule has 39 heavy (non-hydrogen) atoms. The van der Waals surface area contributed by atoms with E-state index in [1.807, 2.05) is 0 Å². The molecule has 4 atom stereocenters. The van der Waals surface area contributed by atoms with E-state index in [0.717, 1.165) is 6.07 Å². The van der Waals surface area contributed by atoms with Crippen LogP contribution in [-0.4, -0.2) is 66.7 Å². The monoisotopic (exact) mass is 561 g/mol. The second kappa shape index (κ2) is 11.4. The Hall–Kier alpha value is -3.92. The first-order valence-corrected chi connectivity index (χ1v) is 11.3. The van der Waals surface area contributed by atoms with E-state index in [1.165, 1.54) is 17.8 Å². The van der Waals surface area contributed by atoms with Crippen LogP contribution in [0, 0.1) is 12.7 Å². The highest BCUT2D eigenvalue weighted by Crippen LogP contribution is 2.35. The number of alkyl halides is 4. The first-order valence-electron chi connectivity index (χ1n) is 11.3. The zero-order valence-corrected chi connectivity index (χ0v) is 20.5. The van der Waals surface area contributed by atoms with Crippen LogP contribution >= 0.6 is 0 Å². The lowest BCUT2D eigenvalue weighted by Crippen LogP contribution is -2.42. The molecule has 0 amide bonds. The highest BCUT2D eigenvalue weighted by atomic mass is 19.4. The summed E-state index contributed by atoms with van der Waals surface area (Å²) in [5.41, 5.74) is 2.97. The minimum Gasteiger partial charge on any atom is -0.483 e. The summed E-state index contributed by atoms with van der Waals surface area (Å²) in [6.45, 7) is 2.21. The molecule has 0 bridgehead atoms. The van der Waals surface area contributed by atoms with Crippen LogP contribution in [0.4, 0.5) is 27.8 Å². The van der Waals surface area contributed by atoms with Gasteiger partial charge in [0.05, 0.1) is 24.6 Å². The number of hydrogen-bond acceptors (Lipinski definition) is 8. The Kier molecular flexibility index (Phi) is 8.70. The van der Waals surface area contributed by atoms with E-state index in [4.69, 9.17) is 25.1 Å².